The Hall–Kier alpha value is -1.85. The van der Waals surface area contributed by atoms with Crippen LogP contribution in [0.3, 0.4) is 0 Å². The highest BCUT2D eigenvalue weighted by atomic mass is 16.5. The number of hydrogen-bond acceptors (Lipinski definition) is 5. The summed E-state index contributed by atoms with van der Waals surface area (Å²) in [5.41, 5.74) is 0.795. The van der Waals surface area contributed by atoms with Crippen LogP contribution >= 0.6 is 0 Å². The molecule has 6 heteroatoms. The summed E-state index contributed by atoms with van der Waals surface area (Å²) < 4.78 is 5.30. The van der Waals surface area contributed by atoms with Gasteiger partial charge in [-0.15, -0.1) is 0 Å². The quantitative estimate of drug-likeness (QED) is 0.817. The Morgan fingerprint density at radius 3 is 2.76 bits per heavy atom. The molecule has 1 N–H and O–H groups in total. The number of aryl methyl sites for hydroxylation is 1. The van der Waals surface area contributed by atoms with Gasteiger partial charge in [0.15, 0.2) is 0 Å². The Balaban J connectivity index is 2.67. The van der Waals surface area contributed by atoms with Gasteiger partial charge in [0, 0.05) is 25.9 Å². The van der Waals surface area contributed by atoms with Gasteiger partial charge in [-0.25, -0.2) is 4.98 Å². The SMILES string of the molecule is CCOc1cc(C)nc(NCC(=O)N(C)C)n1. The van der Waals surface area contributed by atoms with Crippen molar-refractivity contribution in [1.82, 2.24) is 14.9 Å². The van der Waals surface area contributed by atoms with Gasteiger partial charge in [0.05, 0.1) is 13.2 Å². The van der Waals surface area contributed by atoms with Crippen molar-refractivity contribution in [3.05, 3.63) is 11.8 Å². The number of hydrogen-bond donors (Lipinski definition) is 1. The first-order valence-corrected chi connectivity index (χ1v) is 5.45. The molecule has 0 aromatic carbocycles. The molecule has 6 nitrogen and oxygen atoms in total. The van der Waals surface area contributed by atoms with E-state index in [2.05, 4.69) is 15.3 Å². The number of carbonyl (C=O) groups excluding carboxylic acids is 1. The number of rotatable bonds is 5. The number of carbonyl (C=O) groups is 1. The standard InChI is InChI=1S/C11H18N4O2/c1-5-17-9-6-8(2)13-11(14-9)12-7-10(16)15(3)4/h6H,5,7H2,1-4H3,(H,12,13,14). The molecule has 0 aliphatic carbocycles. The molecule has 0 saturated carbocycles. The van der Waals surface area contributed by atoms with Gasteiger partial charge in [0.1, 0.15) is 0 Å². The number of amides is 1. The lowest BCUT2D eigenvalue weighted by atomic mass is 10.4. The highest BCUT2D eigenvalue weighted by molar-refractivity contribution is 5.79. The molecule has 0 aliphatic rings. The number of anilines is 1. The van der Waals surface area contributed by atoms with Gasteiger partial charge in [-0.3, -0.25) is 4.79 Å². The van der Waals surface area contributed by atoms with Crippen molar-refractivity contribution in [1.29, 1.82) is 0 Å². The predicted molar refractivity (Wildman–Crippen MR) is 65.1 cm³/mol. The van der Waals surface area contributed by atoms with Gasteiger partial charge in [-0.1, -0.05) is 0 Å². The summed E-state index contributed by atoms with van der Waals surface area (Å²) in [6, 6.07) is 1.75. The van der Waals surface area contributed by atoms with Crippen LogP contribution in [-0.4, -0.2) is 48.0 Å². The molecule has 94 valence electrons. The molecule has 0 radical (unpaired) electrons. The Labute approximate surface area is 101 Å². The van der Waals surface area contributed by atoms with Gasteiger partial charge in [-0.2, -0.15) is 4.98 Å². The van der Waals surface area contributed by atoms with E-state index < -0.39 is 0 Å². The van der Waals surface area contributed by atoms with Crippen LogP contribution in [-0.2, 0) is 4.79 Å². The third-order valence-electron chi connectivity index (χ3n) is 2.02. The molecule has 0 aliphatic heterocycles. The maximum atomic E-state index is 11.4. The van der Waals surface area contributed by atoms with E-state index in [9.17, 15) is 4.79 Å². The van der Waals surface area contributed by atoms with E-state index in [1.54, 1.807) is 20.2 Å². The number of aromatic nitrogens is 2. The topological polar surface area (TPSA) is 67.3 Å². The summed E-state index contributed by atoms with van der Waals surface area (Å²) in [6.45, 7) is 4.46. The fraction of sp³-hybridized carbons (Fsp3) is 0.545. The molecule has 0 fully saturated rings. The molecule has 1 rings (SSSR count). The number of nitrogens with zero attached hydrogens (tertiary/aromatic N) is 3. The van der Waals surface area contributed by atoms with Gasteiger partial charge in [0.25, 0.3) is 0 Å². The number of nitrogens with one attached hydrogen (secondary N) is 1. The van der Waals surface area contributed by atoms with Crippen molar-refractivity contribution in [3.8, 4) is 5.88 Å². The van der Waals surface area contributed by atoms with Crippen molar-refractivity contribution in [2.45, 2.75) is 13.8 Å². The fourth-order valence-electron chi connectivity index (χ4n) is 1.15. The number of likely N-dealkylation sites (N-methyl/N-ethyl adjacent to an activating group) is 1. The molecule has 1 aromatic heterocycles. The normalized spacial score (nSPS) is 9.88. The molecule has 0 bridgehead atoms. The molecule has 0 atom stereocenters. The zero-order valence-electron chi connectivity index (χ0n) is 10.6. The largest absolute Gasteiger partial charge is 0.478 e. The van der Waals surface area contributed by atoms with E-state index in [0.717, 1.165) is 5.69 Å². The van der Waals surface area contributed by atoms with E-state index in [1.165, 1.54) is 4.90 Å². The average Bonchev–Trinajstić information content (AvgIpc) is 2.25. The van der Waals surface area contributed by atoms with Crippen LogP contribution in [0.15, 0.2) is 6.07 Å². The molecule has 17 heavy (non-hydrogen) atoms. The first-order chi connectivity index (χ1) is 8.02. The van der Waals surface area contributed by atoms with Crippen LogP contribution in [0.25, 0.3) is 0 Å². The maximum absolute atomic E-state index is 11.4. The van der Waals surface area contributed by atoms with Gasteiger partial charge < -0.3 is 15.0 Å². The minimum absolute atomic E-state index is 0.0342. The molecule has 0 unspecified atom stereocenters. The summed E-state index contributed by atoms with van der Waals surface area (Å²) in [5, 5.41) is 2.87. The van der Waals surface area contributed by atoms with Gasteiger partial charge in [-0.05, 0) is 13.8 Å². The minimum Gasteiger partial charge on any atom is -0.478 e. The summed E-state index contributed by atoms with van der Waals surface area (Å²) in [6.07, 6.45) is 0. The van der Waals surface area contributed by atoms with E-state index in [4.69, 9.17) is 4.74 Å². The van der Waals surface area contributed by atoms with Gasteiger partial charge >= 0.3 is 0 Å². The molecule has 0 spiro atoms. The molecule has 0 saturated heterocycles. The highest BCUT2D eigenvalue weighted by Crippen LogP contribution is 2.11. The highest BCUT2D eigenvalue weighted by Gasteiger charge is 2.06. The Bertz CT molecular complexity index is 393. The lowest BCUT2D eigenvalue weighted by Crippen LogP contribution is -2.29. The lowest BCUT2D eigenvalue weighted by Gasteiger charge is -2.11. The zero-order valence-corrected chi connectivity index (χ0v) is 10.6. The van der Waals surface area contributed by atoms with Crippen LogP contribution in [0.4, 0.5) is 5.95 Å². The summed E-state index contributed by atoms with van der Waals surface area (Å²) >= 11 is 0. The minimum atomic E-state index is -0.0342. The first-order valence-electron chi connectivity index (χ1n) is 5.45. The smallest absolute Gasteiger partial charge is 0.241 e. The van der Waals surface area contributed by atoms with E-state index in [-0.39, 0.29) is 12.5 Å². The van der Waals surface area contributed by atoms with Crippen LogP contribution in [0.5, 0.6) is 5.88 Å². The van der Waals surface area contributed by atoms with Gasteiger partial charge in [0.2, 0.25) is 17.7 Å². The van der Waals surface area contributed by atoms with Crippen LogP contribution in [0, 0.1) is 6.92 Å². The zero-order chi connectivity index (χ0) is 12.8. The Kier molecular flexibility index (Phi) is 4.68. The second kappa shape index (κ2) is 6.03. The van der Waals surface area contributed by atoms with Crippen molar-refractivity contribution < 1.29 is 9.53 Å². The van der Waals surface area contributed by atoms with Crippen molar-refractivity contribution in [2.75, 3.05) is 32.6 Å². The molecule has 1 amide bonds. The lowest BCUT2D eigenvalue weighted by molar-refractivity contribution is -0.126. The summed E-state index contributed by atoms with van der Waals surface area (Å²) in [4.78, 5) is 21.2. The summed E-state index contributed by atoms with van der Waals surface area (Å²) in [7, 11) is 3.40. The predicted octanol–water partition coefficient (Wildman–Crippen LogP) is 0.684. The van der Waals surface area contributed by atoms with Crippen LogP contribution in [0.1, 0.15) is 12.6 Å². The third kappa shape index (κ3) is 4.26. The summed E-state index contributed by atoms with van der Waals surface area (Å²) in [5.74, 6) is 0.886. The second-order valence-corrected chi connectivity index (χ2v) is 3.75. The van der Waals surface area contributed by atoms with Crippen LogP contribution < -0.4 is 10.1 Å². The third-order valence-corrected chi connectivity index (χ3v) is 2.02. The van der Waals surface area contributed by atoms with Crippen molar-refractivity contribution in [3.63, 3.8) is 0 Å². The second-order valence-electron chi connectivity index (χ2n) is 3.75. The first kappa shape index (κ1) is 13.2. The van der Waals surface area contributed by atoms with E-state index >= 15 is 0 Å². The van der Waals surface area contributed by atoms with Crippen molar-refractivity contribution >= 4 is 11.9 Å². The fourth-order valence-corrected chi connectivity index (χ4v) is 1.15. The van der Waals surface area contributed by atoms with Crippen molar-refractivity contribution in [2.24, 2.45) is 0 Å². The van der Waals surface area contributed by atoms with E-state index in [0.29, 0.717) is 18.4 Å². The Morgan fingerprint density at radius 2 is 2.18 bits per heavy atom. The number of ether oxygens (including phenoxy) is 1. The molecular weight excluding hydrogens is 220 g/mol. The monoisotopic (exact) mass is 238 g/mol. The molecule has 1 heterocycles. The average molecular weight is 238 g/mol. The molecular formula is C11H18N4O2. The Morgan fingerprint density at radius 1 is 1.47 bits per heavy atom. The molecule has 1 aromatic rings. The van der Waals surface area contributed by atoms with Crippen LogP contribution in [0.2, 0.25) is 0 Å². The maximum Gasteiger partial charge on any atom is 0.241 e. The van der Waals surface area contributed by atoms with E-state index in [1.807, 2.05) is 13.8 Å².